The Morgan fingerprint density at radius 3 is 1.17 bits per heavy atom. The fourth-order valence-electron chi connectivity index (χ4n) is 3.81. The average Bonchev–Trinajstić information content (AvgIpc) is 2.42. The van der Waals surface area contributed by atoms with Crippen molar-refractivity contribution in [2.45, 2.75) is 82.1 Å². The standard InChI is InChI=1S/C24H36/c1-13(2)19-20(14(3)4)22(16(7)8)24(18(11)12)23(17(9)10)21(19)15(5)6/h14H,1H2,2-12H3. The van der Waals surface area contributed by atoms with Gasteiger partial charge in [0.25, 0.3) is 0 Å². The van der Waals surface area contributed by atoms with Gasteiger partial charge in [0.05, 0.1) is 0 Å². The van der Waals surface area contributed by atoms with Gasteiger partial charge in [-0.1, -0.05) is 48.3 Å². The lowest BCUT2D eigenvalue weighted by Gasteiger charge is -2.20. The largest absolute Gasteiger partial charge is 0.0955 e. The van der Waals surface area contributed by atoms with Crippen LogP contribution in [-0.2, 0) is 0 Å². The third kappa shape index (κ3) is 3.58. The van der Waals surface area contributed by atoms with Gasteiger partial charge in [-0.25, -0.2) is 0 Å². The molecule has 0 radical (unpaired) electrons. The Balaban J connectivity index is 4.96. The summed E-state index contributed by atoms with van der Waals surface area (Å²) < 4.78 is 0. The first-order valence-electron chi connectivity index (χ1n) is 9.05. The van der Waals surface area contributed by atoms with Gasteiger partial charge in [-0.05, 0) is 100 Å². The van der Waals surface area contributed by atoms with Crippen molar-refractivity contribution in [3.63, 3.8) is 0 Å². The van der Waals surface area contributed by atoms with Crippen LogP contribution in [0.15, 0.2) is 6.58 Å². The highest BCUT2D eigenvalue weighted by Gasteiger charge is 2.16. The third-order valence-corrected chi connectivity index (χ3v) is 4.54. The van der Waals surface area contributed by atoms with Crippen LogP contribution in [0.25, 0.3) is 27.9 Å². The highest BCUT2D eigenvalue weighted by Crippen LogP contribution is 2.19. The lowest BCUT2D eigenvalue weighted by molar-refractivity contribution is 0.846. The smallest absolute Gasteiger partial charge is 0.0114 e. The number of hydrogen-bond donors (Lipinski definition) is 0. The highest BCUT2D eigenvalue weighted by molar-refractivity contribution is 5.71. The topological polar surface area (TPSA) is 0 Å². The Bertz CT molecular complexity index is 900. The molecule has 0 aliphatic carbocycles. The molecule has 0 saturated heterocycles. The minimum absolute atomic E-state index is 0.462. The number of benzene rings is 1. The lowest BCUT2D eigenvalue weighted by Crippen LogP contribution is -2.54. The summed E-state index contributed by atoms with van der Waals surface area (Å²) in [7, 11) is 0. The second kappa shape index (κ2) is 7.55. The van der Waals surface area contributed by atoms with E-state index in [1.165, 1.54) is 59.9 Å². The van der Waals surface area contributed by atoms with Crippen LogP contribution in [0, 0.1) is 0 Å². The van der Waals surface area contributed by atoms with Crippen LogP contribution in [0.2, 0.25) is 0 Å². The molecule has 24 heavy (non-hydrogen) atoms. The summed E-state index contributed by atoms with van der Waals surface area (Å²) in [5.41, 5.74) is 9.51. The van der Waals surface area contributed by atoms with Crippen molar-refractivity contribution >= 4 is 27.9 Å². The van der Waals surface area contributed by atoms with Gasteiger partial charge in [-0.15, -0.1) is 0 Å². The minimum Gasteiger partial charge on any atom is -0.0955 e. The molecule has 132 valence electrons. The maximum absolute atomic E-state index is 4.35. The fourth-order valence-corrected chi connectivity index (χ4v) is 3.81. The van der Waals surface area contributed by atoms with Gasteiger partial charge >= 0.3 is 0 Å². The van der Waals surface area contributed by atoms with E-state index >= 15 is 0 Å². The van der Waals surface area contributed by atoms with Crippen molar-refractivity contribution in [3.8, 4) is 0 Å². The van der Waals surface area contributed by atoms with Gasteiger partial charge in [0.2, 0.25) is 0 Å². The molecule has 0 spiro atoms. The molecule has 0 heteroatoms. The van der Waals surface area contributed by atoms with Crippen LogP contribution >= 0.6 is 0 Å². The predicted molar refractivity (Wildman–Crippen MR) is 113 cm³/mol. The molecular weight excluding hydrogens is 288 g/mol. The van der Waals surface area contributed by atoms with Gasteiger partial charge < -0.3 is 0 Å². The first kappa shape index (κ1) is 20.5. The summed E-state index contributed by atoms with van der Waals surface area (Å²) in [6.07, 6.45) is 0. The molecule has 1 aromatic carbocycles. The molecule has 0 nitrogen and oxygen atoms in total. The molecule has 0 bridgehead atoms. The van der Waals surface area contributed by atoms with Crippen LogP contribution in [0.4, 0.5) is 0 Å². The van der Waals surface area contributed by atoms with Crippen LogP contribution < -0.4 is 20.9 Å². The normalized spacial score (nSPS) is 10.8. The van der Waals surface area contributed by atoms with Gasteiger partial charge in [-0.3, -0.25) is 0 Å². The van der Waals surface area contributed by atoms with E-state index < -0.39 is 0 Å². The molecule has 0 aliphatic heterocycles. The number of hydrogen-bond acceptors (Lipinski definition) is 0. The summed E-state index contributed by atoms with van der Waals surface area (Å²) in [5.74, 6) is 0.462. The first-order valence-corrected chi connectivity index (χ1v) is 9.05. The van der Waals surface area contributed by atoms with Crippen LogP contribution in [0.1, 0.15) is 93.2 Å². The molecule has 0 atom stereocenters. The minimum atomic E-state index is 0.462. The van der Waals surface area contributed by atoms with Crippen molar-refractivity contribution in [1.82, 2.24) is 0 Å². The molecule has 1 aromatic rings. The van der Waals surface area contributed by atoms with Crippen molar-refractivity contribution in [2.75, 3.05) is 0 Å². The van der Waals surface area contributed by atoms with E-state index in [9.17, 15) is 0 Å². The summed E-state index contributed by atoms with van der Waals surface area (Å²) in [6.45, 7) is 29.0. The highest BCUT2D eigenvalue weighted by atomic mass is 14.2. The van der Waals surface area contributed by atoms with E-state index in [-0.39, 0.29) is 0 Å². The molecule has 0 aliphatic rings. The second-order valence-electron chi connectivity index (χ2n) is 8.22. The Labute approximate surface area is 149 Å². The molecule has 0 heterocycles. The summed E-state index contributed by atoms with van der Waals surface area (Å²) in [4.78, 5) is 0. The lowest BCUT2D eigenvalue weighted by atomic mass is 9.84. The summed E-state index contributed by atoms with van der Waals surface area (Å²) >= 11 is 0. The molecule has 0 amide bonds. The number of allylic oxidation sites excluding steroid dienone is 1. The van der Waals surface area contributed by atoms with Crippen molar-refractivity contribution in [2.24, 2.45) is 0 Å². The SMILES string of the molecule is C=C(C)c1c(C(C)C)c(=C(C)C)c(=C(C)C)c(=C(C)C)c1=C(C)C. The van der Waals surface area contributed by atoms with E-state index in [1.54, 1.807) is 0 Å². The molecule has 0 saturated carbocycles. The van der Waals surface area contributed by atoms with Crippen LogP contribution in [-0.4, -0.2) is 0 Å². The Kier molecular flexibility index (Phi) is 6.45. The summed E-state index contributed by atoms with van der Waals surface area (Å²) in [5, 5.41) is 5.67. The van der Waals surface area contributed by atoms with Gasteiger partial charge in [0.15, 0.2) is 0 Å². The van der Waals surface area contributed by atoms with E-state index in [2.05, 4.69) is 82.7 Å². The van der Waals surface area contributed by atoms with Crippen molar-refractivity contribution < 1.29 is 0 Å². The average molecular weight is 325 g/mol. The van der Waals surface area contributed by atoms with Gasteiger partial charge in [0.1, 0.15) is 0 Å². The quantitative estimate of drug-likeness (QED) is 0.745. The maximum Gasteiger partial charge on any atom is -0.0114 e. The maximum atomic E-state index is 4.35. The Hall–Kier alpha value is -1.56. The molecule has 1 rings (SSSR count). The van der Waals surface area contributed by atoms with E-state index in [1.807, 2.05) is 0 Å². The monoisotopic (exact) mass is 324 g/mol. The predicted octanol–water partition coefficient (Wildman–Crippen LogP) is 4.61. The molecule has 0 fully saturated rings. The van der Waals surface area contributed by atoms with Gasteiger partial charge in [-0.2, -0.15) is 0 Å². The van der Waals surface area contributed by atoms with Crippen LogP contribution in [0.5, 0.6) is 0 Å². The van der Waals surface area contributed by atoms with E-state index in [0.717, 1.165) is 0 Å². The van der Waals surface area contributed by atoms with Crippen LogP contribution in [0.3, 0.4) is 0 Å². The molecule has 0 aromatic heterocycles. The Morgan fingerprint density at radius 2 is 0.917 bits per heavy atom. The van der Waals surface area contributed by atoms with E-state index in [0.29, 0.717) is 5.92 Å². The first-order chi connectivity index (χ1) is 10.9. The second-order valence-corrected chi connectivity index (χ2v) is 8.22. The van der Waals surface area contributed by atoms with Crippen molar-refractivity contribution in [1.29, 1.82) is 0 Å². The fraction of sp³-hybridized carbons (Fsp3) is 0.500. The van der Waals surface area contributed by atoms with Crippen molar-refractivity contribution in [3.05, 3.63) is 38.6 Å². The zero-order valence-corrected chi connectivity index (χ0v) is 17.8. The van der Waals surface area contributed by atoms with Gasteiger partial charge in [0, 0.05) is 0 Å². The number of rotatable bonds is 2. The van der Waals surface area contributed by atoms with E-state index in [4.69, 9.17) is 0 Å². The molecule has 0 unspecified atom stereocenters. The molecule has 0 N–H and O–H groups in total. The third-order valence-electron chi connectivity index (χ3n) is 4.54. The Morgan fingerprint density at radius 1 is 0.583 bits per heavy atom. The zero-order valence-electron chi connectivity index (χ0n) is 17.8. The zero-order chi connectivity index (χ0) is 18.9. The molecular formula is C24H36. The summed E-state index contributed by atoms with van der Waals surface area (Å²) in [6, 6.07) is 0.